The Kier molecular flexibility index (Phi) is 4.97. The van der Waals surface area contributed by atoms with Gasteiger partial charge in [0.2, 0.25) is 0 Å². The van der Waals surface area contributed by atoms with Gasteiger partial charge in [0.25, 0.3) is 0 Å². The van der Waals surface area contributed by atoms with Crippen molar-refractivity contribution in [1.29, 1.82) is 0 Å². The molecule has 0 fully saturated rings. The summed E-state index contributed by atoms with van der Waals surface area (Å²) in [4.78, 5) is 0. The van der Waals surface area contributed by atoms with Gasteiger partial charge in [0.05, 0.1) is 0 Å². The van der Waals surface area contributed by atoms with E-state index >= 15 is 0 Å². The smallest absolute Gasteiger partial charge is 0.0444 e. The monoisotopic (exact) mass is 220 g/mol. The van der Waals surface area contributed by atoms with Crippen molar-refractivity contribution >= 4 is 0 Å². The molecule has 1 aromatic rings. The lowest BCUT2D eigenvalue weighted by molar-refractivity contribution is 0.355. The highest BCUT2D eigenvalue weighted by atomic mass is 14.9. The van der Waals surface area contributed by atoms with Gasteiger partial charge in [-0.05, 0) is 23.9 Å². The molecule has 0 aromatic heterocycles. The Balaban J connectivity index is 2.45. The summed E-state index contributed by atoms with van der Waals surface area (Å²) in [5.74, 6) is 0. The first-order valence-electron chi connectivity index (χ1n) is 6.01. The summed E-state index contributed by atoms with van der Waals surface area (Å²) in [6, 6.07) is 10.7. The van der Waals surface area contributed by atoms with E-state index < -0.39 is 0 Å². The van der Waals surface area contributed by atoms with Gasteiger partial charge in [-0.1, -0.05) is 51.1 Å². The van der Waals surface area contributed by atoms with E-state index in [1.807, 2.05) is 6.07 Å². The predicted octanol–water partition coefficient (Wildman–Crippen LogP) is 2.71. The van der Waals surface area contributed by atoms with Crippen LogP contribution >= 0.6 is 0 Å². The zero-order valence-electron chi connectivity index (χ0n) is 10.7. The molecule has 90 valence electrons. The largest absolute Gasteiger partial charge is 0.329 e. The highest BCUT2D eigenvalue weighted by Gasteiger charge is 2.12. The third-order valence-corrected chi connectivity index (χ3v) is 2.70. The molecular weight excluding hydrogens is 196 g/mol. The molecule has 0 bridgehead atoms. The van der Waals surface area contributed by atoms with Crippen molar-refractivity contribution in [2.75, 3.05) is 13.1 Å². The highest BCUT2D eigenvalue weighted by Crippen LogP contribution is 2.18. The molecule has 1 unspecified atom stereocenters. The van der Waals surface area contributed by atoms with Crippen LogP contribution in [-0.4, -0.2) is 13.1 Å². The number of hydrogen-bond acceptors (Lipinski definition) is 2. The Morgan fingerprint density at radius 1 is 1.19 bits per heavy atom. The van der Waals surface area contributed by atoms with E-state index in [2.05, 4.69) is 50.4 Å². The molecule has 0 heterocycles. The number of nitrogens with two attached hydrogens (primary N) is 1. The van der Waals surface area contributed by atoms with Crippen molar-refractivity contribution in [2.24, 2.45) is 11.1 Å². The summed E-state index contributed by atoms with van der Waals surface area (Å²) in [5.41, 5.74) is 7.45. The van der Waals surface area contributed by atoms with Crippen LogP contribution in [0.25, 0.3) is 0 Å². The van der Waals surface area contributed by atoms with Crippen molar-refractivity contribution in [3.8, 4) is 0 Å². The number of benzene rings is 1. The van der Waals surface area contributed by atoms with E-state index in [0.717, 1.165) is 13.0 Å². The molecule has 0 spiro atoms. The molecule has 0 aliphatic carbocycles. The lowest BCUT2D eigenvalue weighted by Gasteiger charge is -2.22. The summed E-state index contributed by atoms with van der Waals surface area (Å²) < 4.78 is 0. The van der Waals surface area contributed by atoms with E-state index in [9.17, 15) is 0 Å². The second kappa shape index (κ2) is 6.02. The maximum atomic E-state index is 5.79. The lowest BCUT2D eigenvalue weighted by atomic mass is 9.92. The first kappa shape index (κ1) is 13.2. The van der Waals surface area contributed by atoms with Gasteiger partial charge in [0.15, 0.2) is 0 Å². The van der Waals surface area contributed by atoms with Crippen LogP contribution in [0.5, 0.6) is 0 Å². The van der Waals surface area contributed by atoms with E-state index in [0.29, 0.717) is 12.0 Å². The average molecular weight is 220 g/mol. The normalized spacial score (nSPS) is 13.8. The quantitative estimate of drug-likeness (QED) is 0.800. The summed E-state index contributed by atoms with van der Waals surface area (Å²) >= 11 is 0. The second-order valence-corrected chi connectivity index (χ2v) is 5.46. The molecule has 1 rings (SSSR count). The zero-order valence-corrected chi connectivity index (χ0v) is 10.7. The Hall–Kier alpha value is -0.860. The zero-order chi connectivity index (χ0) is 12.0. The summed E-state index contributed by atoms with van der Waals surface area (Å²) in [6.07, 6.45) is 1.16. The second-order valence-electron chi connectivity index (χ2n) is 5.46. The predicted molar refractivity (Wildman–Crippen MR) is 70.3 cm³/mol. The molecule has 0 aliphatic rings. The van der Waals surface area contributed by atoms with E-state index in [1.54, 1.807) is 0 Å². The van der Waals surface area contributed by atoms with Crippen LogP contribution < -0.4 is 11.1 Å². The molecule has 2 nitrogen and oxygen atoms in total. The van der Waals surface area contributed by atoms with Crippen molar-refractivity contribution < 1.29 is 0 Å². The van der Waals surface area contributed by atoms with Gasteiger partial charge in [-0.25, -0.2) is 0 Å². The van der Waals surface area contributed by atoms with Gasteiger partial charge in [-0.15, -0.1) is 0 Å². The Morgan fingerprint density at radius 2 is 1.81 bits per heavy atom. The van der Waals surface area contributed by atoms with Gasteiger partial charge in [-0.3, -0.25) is 0 Å². The van der Waals surface area contributed by atoms with Crippen molar-refractivity contribution in [3.05, 3.63) is 35.9 Å². The molecule has 0 saturated heterocycles. The number of rotatable bonds is 5. The van der Waals surface area contributed by atoms with Crippen LogP contribution in [0.1, 0.15) is 38.8 Å². The third-order valence-electron chi connectivity index (χ3n) is 2.70. The fraction of sp³-hybridized carbons (Fsp3) is 0.571. The SMILES string of the molecule is CC(C)(C)CCNC(CN)c1ccccc1. The number of hydrogen-bond donors (Lipinski definition) is 2. The van der Waals surface area contributed by atoms with Gasteiger partial charge in [0, 0.05) is 12.6 Å². The topological polar surface area (TPSA) is 38.0 Å². The molecule has 0 radical (unpaired) electrons. The van der Waals surface area contributed by atoms with Gasteiger partial charge in [-0.2, -0.15) is 0 Å². The molecule has 3 N–H and O–H groups in total. The van der Waals surface area contributed by atoms with Crippen LogP contribution in [0.4, 0.5) is 0 Å². The minimum absolute atomic E-state index is 0.281. The molecule has 1 atom stereocenters. The highest BCUT2D eigenvalue weighted by molar-refractivity contribution is 5.19. The molecular formula is C14H24N2. The first-order chi connectivity index (χ1) is 7.53. The minimum atomic E-state index is 0.281. The van der Waals surface area contributed by atoms with Crippen LogP contribution in [0.15, 0.2) is 30.3 Å². The fourth-order valence-electron chi connectivity index (χ4n) is 1.64. The Labute approximate surface area is 99.2 Å². The summed E-state index contributed by atoms with van der Waals surface area (Å²) in [7, 11) is 0. The fourth-order valence-corrected chi connectivity index (χ4v) is 1.64. The lowest BCUT2D eigenvalue weighted by Crippen LogP contribution is -2.30. The molecule has 0 aliphatic heterocycles. The molecule has 0 amide bonds. The van der Waals surface area contributed by atoms with Gasteiger partial charge < -0.3 is 11.1 Å². The maximum Gasteiger partial charge on any atom is 0.0444 e. The summed E-state index contributed by atoms with van der Waals surface area (Å²) in [5, 5.41) is 3.52. The van der Waals surface area contributed by atoms with Crippen molar-refractivity contribution in [3.63, 3.8) is 0 Å². The van der Waals surface area contributed by atoms with E-state index in [1.165, 1.54) is 5.56 Å². The van der Waals surface area contributed by atoms with Crippen LogP contribution in [-0.2, 0) is 0 Å². The van der Waals surface area contributed by atoms with Crippen molar-refractivity contribution in [1.82, 2.24) is 5.32 Å². The van der Waals surface area contributed by atoms with Crippen LogP contribution in [0.2, 0.25) is 0 Å². The van der Waals surface area contributed by atoms with Crippen LogP contribution in [0.3, 0.4) is 0 Å². The average Bonchev–Trinajstić information content (AvgIpc) is 2.24. The third kappa shape index (κ3) is 4.77. The number of nitrogens with one attached hydrogen (secondary N) is 1. The maximum absolute atomic E-state index is 5.79. The molecule has 1 aromatic carbocycles. The Morgan fingerprint density at radius 3 is 2.31 bits per heavy atom. The van der Waals surface area contributed by atoms with Crippen LogP contribution in [0, 0.1) is 5.41 Å². The van der Waals surface area contributed by atoms with E-state index in [4.69, 9.17) is 5.73 Å². The first-order valence-corrected chi connectivity index (χ1v) is 6.01. The molecule has 2 heteroatoms. The minimum Gasteiger partial charge on any atom is -0.329 e. The van der Waals surface area contributed by atoms with Gasteiger partial charge in [0.1, 0.15) is 0 Å². The standard InChI is InChI=1S/C14H24N2/c1-14(2,3)9-10-16-13(11-15)12-7-5-4-6-8-12/h4-8,13,16H,9-11,15H2,1-3H3. The van der Waals surface area contributed by atoms with Crippen molar-refractivity contribution in [2.45, 2.75) is 33.2 Å². The molecule has 0 saturated carbocycles. The molecule has 16 heavy (non-hydrogen) atoms. The van der Waals surface area contributed by atoms with Gasteiger partial charge >= 0.3 is 0 Å². The summed E-state index contributed by atoms with van der Waals surface area (Å²) in [6.45, 7) is 8.44. The van der Waals surface area contributed by atoms with E-state index in [-0.39, 0.29) is 6.04 Å². The Bertz CT molecular complexity index is 287.